The van der Waals surface area contributed by atoms with Gasteiger partial charge >= 0.3 is 0 Å². The first kappa shape index (κ1) is 13.5. The van der Waals surface area contributed by atoms with Gasteiger partial charge in [-0.1, -0.05) is 0 Å². The second kappa shape index (κ2) is 7.66. The van der Waals surface area contributed by atoms with Gasteiger partial charge in [-0.05, 0) is 24.3 Å². The highest BCUT2D eigenvalue weighted by molar-refractivity contribution is 5.49. The number of nitriles is 1. The van der Waals surface area contributed by atoms with Crippen LogP contribution in [0.5, 0.6) is 0 Å². The first-order valence-corrected chi connectivity index (χ1v) is 5.54. The van der Waals surface area contributed by atoms with Gasteiger partial charge in [-0.15, -0.1) is 0 Å². The van der Waals surface area contributed by atoms with Gasteiger partial charge in [0.15, 0.2) is 0 Å². The molecule has 1 aromatic carbocycles. The number of benzene rings is 1. The molecule has 0 heterocycles. The molecule has 4 heteroatoms. The van der Waals surface area contributed by atoms with Crippen LogP contribution in [0, 0.1) is 11.3 Å². The number of hydrogen-bond acceptors (Lipinski definition) is 4. The second-order valence-corrected chi connectivity index (χ2v) is 3.63. The monoisotopic (exact) mass is 234 g/mol. The molecule has 0 bridgehead atoms. The summed E-state index contributed by atoms with van der Waals surface area (Å²) in [6.07, 6.45) is 0. The highest BCUT2D eigenvalue weighted by Gasteiger charge is 2.05. The summed E-state index contributed by atoms with van der Waals surface area (Å²) in [4.78, 5) is 2.17. The highest BCUT2D eigenvalue weighted by Crippen LogP contribution is 2.14. The maximum Gasteiger partial charge on any atom is 0.0991 e. The molecule has 0 unspecified atom stereocenters. The Balaban J connectivity index is 2.69. The molecule has 0 aromatic heterocycles. The van der Waals surface area contributed by atoms with Gasteiger partial charge in [-0.2, -0.15) is 5.26 Å². The van der Waals surface area contributed by atoms with Crippen LogP contribution < -0.4 is 4.90 Å². The normalized spacial score (nSPS) is 9.94. The van der Waals surface area contributed by atoms with Crippen molar-refractivity contribution in [2.24, 2.45) is 0 Å². The van der Waals surface area contributed by atoms with Crippen LogP contribution in [0.25, 0.3) is 0 Å². The Morgan fingerprint density at radius 2 is 1.59 bits per heavy atom. The van der Waals surface area contributed by atoms with E-state index >= 15 is 0 Å². The summed E-state index contributed by atoms with van der Waals surface area (Å²) in [6.45, 7) is 2.96. The van der Waals surface area contributed by atoms with E-state index in [1.807, 2.05) is 24.3 Å². The lowest BCUT2D eigenvalue weighted by Gasteiger charge is -2.24. The Kier molecular flexibility index (Phi) is 6.08. The molecule has 0 spiro atoms. The molecule has 0 saturated heterocycles. The van der Waals surface area contributed by atoms with Gasteiger partial charge in [0.05, 0.1) is 24.8 Å². The second-order valence-electron chi connectivity index (χ2n) is 3.63. The average Bonchev–Trinajstić information content (AvgIpc) is 2.39. The number of nitrogens with zero attached hydrogens (tertiary/aromatic N) is 2. The fourth-order valence-corrected chi connectivity index (χ4v) is 1.52. The molecule has 0 fully saturated rings. The molecular formula is C13H18N2O2. The molecule has 17 heavy (non-hydrogen) atoms. The van der Waals surface area contributed by atoms with Crippen molar-refractivity contribution >= 4 is 5.69 Å². The molecular weight excluding hydrogens is 216 g/mol. The van der Waals surface area contributed by atoms with Crippen LogP contribution in [-0.4, -0.2) is 40.5 Å². The van der Waals surface area contributed by atoms with Crippen molar-refractivity contribution in [2.45, 2.75) is 0 Å². The van der Waals surface area contributed by atoms with Crippen LogP contribution in [-0.2, 0) is 9.47 Å². The van der Waals surface area contributed by atoms with E-state index in [4.69, 9.17) is 14.7 Å². The van der Waals surface area contributed by atoms with Crippen LogP contribution in [0.15, 0.2) is 24.3 Å². The van der Waals surface area contributed by atoms with Crippen LogP contribution in [0.4, 0.5) is 5.69 Å². The molecule has 0 radical (unpaired) electrons. The van der Waals surface area contributed by atoms with Crippen LogP contribution in [0.1, 0.15) is 5.56 Å². The van der Waals surface area contributed by atoms with Crippen LogP contribution in [0.2, 0.25) is 0 Å². The predicted octanol–water partition coefficient (Wildman–Crippen LogP) is 1.66. The highest BCUT2D eigenvalue weighted by atomic mass is 16.5. The molecule has 92 valence electrons. The smallest absolute Gasteiger partial charge is 0.0991 e. The number of anilines is 1. The third-order valence-corrected chi connectivity index (χ3v) is 2.49. The third-order valence-electron chi connectivity index (χ3n) is 2.49. The minimum Gasteiger partial charge on any atom is -0.383 e. The number of methoxy groups -OCH3 is 2. The van der Waals surface area contributed by atoms with E-state index in [0.29, 0.717) is 18.8 Å². The summed E-state index contributed by atoms with van der Waals surface area (Å²) in [5, 5.41) is 8.75. The first-order valence-electron chi connectivity index (χ1n) is 5.54. The van der Waals surface area contributed by atoms with Crippen LogP contribution in [0.3, 0.4) is 0 Å². The summed E-state index contributed by atoms with van der Waals surface area (Å²) in [5.41, 5.74) is 1.75. The van der Waals surface area contributed by atoms with Crippen LogP contribution >= 0.6 is 0 Å². The van der Waals surface area contributed by atoms with Gasteiger partial charge in [0, 0.05) is 33.0 Å². The topological polar surface area (TPSA) is 45.5 Å². The molecule has 4 nitrogen and oxygen atoms in total. The molecule has 1 aromatic rings. The average molecular weight is 234 g/mol. The zero-order valence-electron chi connectivity index (χ0n) is 10.3. The maximum atomic E-state index is 8.75. The van der Waals surface area contributed by atoms with E-state index in [-0.39, 0.29) is 0 Å². The number of rotatable bonds is 7. The molecule has 0 amide bonds. The summed E-state index contributed by atoms with van der Waals surface area (Å²) in [7, 11) is 3.38. The van der Waals surface area contributed by atoms with Gasteiger partial charge in [-0.3, -0.25) is 0 Å². The predicted molar refractivity (Wildman–Crippen MR) is 67.1 cm³/mol. The summed E-state index contributed by atoms with van der Waals surface area (Å²) < 4.78 is 10.2. The molecule has 0 atom stereocenters. The van der Waals surface area contributed by atoms with Gasteiger partial charge in [0.25, 0.3) is 0 Å². The van der Waals surface area contributed by atoms with Crippen molar-refractivity contribution in [1.29, 1.82) is 5.26 Å². The van der Waals surface area contributed by atoms with E-state index in [1.54, 1.807) is 14.2 Å². The molecule has 1 rings (SSSR count). The van der Waals surface area contributed by atoms with Crippen molar-refractivity contribution in [3.05, 3.63) is 29.8 Å². The Bertz CT molecular complexity index is 349. The fraction of sp³-hybridized carbons (Fsp3) is 0.462. The summed E-state index contributed by atoms with van der Waals surface area (Å²) in [5.74, 6) is 0. The number of ether oxygens (including phenoxy) is 2. The van der Waals surface area contributed by atoms with Gasteiger partial charge in [0.1, 0.15) is 0 Å². The lowest BCUT2D eigenvalue weighted by Crippen LogP contribution is -2.30. The minimum atomic E-state index is 0.670. The molecule has 0 saturated carbocycles. The SMILES string of the molecule is COCCN(CCOC)c1ccc(C#N)cc1. The Labute approximate surface area is 102 Å². The maximum absolute atomic E-state index is 8.75. The van der Waals surface area contributed by atoms with Crippen molar-refractivity contribution in [3.8, 4) is 6.07 Å². The van der Waals surface area contributed by atoms with Gasteiger partial charge in [0.2, 0.25) is 0 Å². The lowest BCUT2D eigenvalue weighted by molar-refractivity contribution is 0.190. The Morgan fingerprint density at radius 1 is 1.06 bits per heavy atom. The fourth-order valence-electron chi connectivity index (χ4n) is 1.52. The lowest BCUT2D eigenvalue weighted by atomic mass is 10.2. The summed E-state index contributed by atoms with van der Waals surface area (Å²) in [6, 6.07) is 9.65. The Hall–Kier alpha value is -1.57. The van der Waals surface area contributed by atoms with Gasteiger partial charge < -0.3 is 14.4 Å². The van der Waals surface area contributed by atoms with Crippen molar-refractivity contribution < 1.29 is 9.47 Å². The van der Waals surface area contributed by atoms with E-state index in [0.717, 1.165) is 18.8 Å². The largest absolute Gasteiger partial charge is 0.383 e. The number of hydrogen-bond donors (Lipinski definition) is 0. The third kappa shape index (κ3) is 4.43. The van der Waals surface area contributed by atoms with Crippen molar-refractivity contribution in [3.63, 3.8) is 0 Å². The minimum absolute atomic E-state index is 0.670. The molecule has 0 N–H and O–H groups in total. The van der Waals surface area contributed by atoms with Crippen molar-refractivity contribution in [1.82, 2.24) is 0 Å². The van der Waals surface area contributed by atoms with Gasteiger partial charge in [-0.25, -0.2) is 0 Å². The molecule has 0 aliphatic carbocycles. The van der Waals surface area contributed by atoms with Crippen molar-refractivity contribution in [2.75, 3.05) is 45.4 Å². The molecule has 0 aliphatic heterocycles. The molecule has 0 aliphatic rings. The quantitative estimate of drug-likeness (QED) is 0.719. The van der Waals surface area contributed by atoms with E-state index in [9.17, 15) is 0 Å². The standard InChI is InChI=1S/C13H18N2O2/c1-16-9-7-15(8-10-17-2)13-5-3-12(11-14)4-6-13/h3-6H,7-10H2,1-2H3. The zero-order chi connectivity index (χ0) is 12.5. The van der Waals surface area contributed by atoms with E-state index < -0.39 is 0 Å². The zero-order valence-corrected chi connectivity index (χ0v) is 10.3. The Morgan fingerprint density at radius 3 is 2.00 bits per heavy atom. The summed E-state index contributed by atoms with van der Waals surface area (Å²) >= 11 is 0. The van der Waals surface area contributed by atoms with E-state index in [2.05, 4.69) is 11.0 Å². The first-order chi connectivity index (χ1) is 8.31. The van der Waals surface area contributed by atoms with E-state index in [1.165, 1.54) is 0 Å².